The average Bonchev–Trinajstić information content (AvgIpc) is 3.66. The molecule has 2 aliphatic heterocycles. The summed E-state index contributed by atoms with van der Waals surface area (Å²) in [4.78, 5) is 80.8. The number of fused-ring (bicyclic) bond motifs is 18. The lowest BCUT2D eigenvalue weighted by Crippen LogP contribution is -2.59. The molecule has 2 bridgehead atoms. The van der Waals surface area contributed by atoms with E-state index in [1.54, 1.807) is 72.1 Å². The number of carboxylic acids is 1. The molecule has 4 atom stereocenters. The van der Waals surface area contributed by atoms with Crippen LogP contribution >= 0.6 is 11.3 Å². The third-order valence-electron chi connectivity index (χ3n) is 8.75. The van der Waals surface area contributed by atoms with Crippen LogP contribution < -0.4 is 26.6 Å². The Balaban J connectivity index is 1.52. The lowest BCUT2D eigenvalue weighted by atomic mass is 10.00. The van der Waals surface area contributed by atoms with Gasteiger partial charge in [-0.05, 0) is 46.3 Å². The zero-order valence-electron chi connectivity index (χ0n) is 29.2. The lowest BCUT2D eigenvalue weighted by molar-refractivity contribution is -0.142. The molecule has 0 fully saturated rings. The zero-order chi connectivity index (χ0) is 39.5. The number of carbonyl (C=O) groups is 6. The van der Waals surface area contributed by atoms with Crippen LogP contribution in [0.3, 0.4) is 0 Å². The number of aliphatic carboxylic acids is 1. The molecule has 16 heteroatoms. The summed E-state index contributed by atoms with van der Waals surface area (Å²) in [5.41, 5.74) is 0.521. The molecule has 1 aromatic heterocycles. The number of thiophene rings is 1. The highest BCUT2D eigenvalue weighted by Crippen LogP contribution is 2.30. The number of hydrogen-bond acceptors (Lipinski definition) is 7. The summed E-state index contributed by atoms with van der Waals surface area (Å²) in [6, 6.07) is 16.7. The number of benzene rings is 3. The van der Waals surface area contributed by atoms with E-state index >= 15 is 0 Å². The van der Waals surface area contributed by atoms with Gasteiger partial charge in [-0.15, -0.1) is 11.3 Å². The number of rotatable bonds is 7. The second kappa shape index (κ2) is 18.3. The zero-order valence-corrected chi connectivity index (χ0v) is 30.0. The number of hydrogen-bond donors (Lipinski definition) is 6. The number of carbonyl (C=O) groups excluding carboxylic acids is 5. The van der Waals surface area contributed by atoms with Crippen LogP contribution in [-0.2, 0) is 60.6 Å². The smallest absolute Gasteiger partial charge is 0.416 e. The first-order chi connectivity index (χ1) is 26.2. The maximum atomic E-state index is 14.2. The largest absolute Gasteiger partial charge is 0.480 e. The van der Waals surface area contributed by atoms with Gasteiger partial charge in [0, 0.05) is 49.1 Å². The van der Waals surface area contributed by atoms with E-state index in [4.69, 9.17) is 0 Å². The quantitative estimate of drug-likeness (QED) is 0.154. The van der Waals surface area contributed by atoms with Gasteiger partial charge >= 0.3 is 12.1 Å². The summed E-state index contributed by atoms with van der Waals surface area (Å²) in [7, 11) is 0. The third-order valence-corrected chi connectivity index (χ3v) is 9.65. The highest BCUT2D eigenvalue weighted by molar-refractivity contribution is 7.09. The first-order valence-corrected chi connectivity index (χ1v) is 18.2. The van der Waals surface area contributed by atoms with E-state index in [-0.39, 0.29) is 37.7 Å². The van der Waals surface area contributed by atoms with E-state index in [0.717, 1.165) is 18.2 Å². The van der Waals surface area contributed by atoms with E-state index in [9.17, 15) is 47.0 Å². The molecular formula is C39H38F3N5O7S. The van der Waals surface area contributed by atoms with Gasteiger partial charge in [-0.1, -0.05) is 66.7 Å². The minimum absolute atomic E-state index is 0.0126. The first kappa shape index (κ1) is 40.2. The molecule has 0 aliphatic carbocycles. The molecule has 0 radical (unpaired) electrons. The minimum atomic E-state index is -4.70. The van der Waals surface area contributed by atoms with E-state index in [0.29, 0.717) is 21.7 Å². The van der Waals surface area contributed by atoms with Crippen LogP contribution in [0.1, 0.15) is 40.0 Å². The molecule has 3 heterocycles. The Kier molecular flexibility index (Phi) is 13.4. The molecule has 3 aromatic carbocycles. The molecule has 6 N–H and O–H groups in total. The van der Waals surface area contributed by atoms with Crippen LogP contribution in [-0.4, -0.2) is 64.8 Å². The Labute approximate surface area is 317 Å². The van der Waals surface area contributed by atoms with Crippen molar-refractivity contribution in [3.8, 4) is 0 Å². The highest BCUT2D eigenvalue weighted by Gasteiger charge is 2.34. The van der Waals surface area contributed by atoms with Crippen molar-refractivity contribution < 1.29 is 47.0 Å². The van der Waals surface area contributed by atoms with Gasteiger partial charge in [0.15, 0.2) is 0 Å². The van der Waals surface area contributed by atoms with Crippen molar-refractivity contribution in [2.75, 3.05) is 5.32 Å². The second-order valence-electron chi connectivity index (χ2n) is 13.0. The van der Waals surface area contributed by atoms with Gasteiger partial charge in [-0.3, -0.25) is 24.0 Å². The van der Waals surface area contributed by atoms with Crippen LogP contribution in [0.2, 0.25) is 0 Å². The van der Waals surface area contributed by atoms with Crippen LogP contribution in [0.5, 0.6) is 0 Å². The summed E-state index contributed by atoms with van der Waals surface area (Å²) in [6.45, 7) is 0. The van der Waals surface area contributed by atoms with E-state index in [1.165, 1.54) is 17.4 Å². The molecule has 0 saturated heterocycles. The maximum absolute atomic E-state index is 14.2. The number of alkyl halides is 3. The summed E-state index contributed by atoms with van der Waals surface area (Å²) >= 11 is 1.30. The molecule has 0 saturated carbocycles. The minimum Gasteiger partial charge on any atom is -0.480 e. The molecule has 2 aliphatic rings. The molecule has 6 rings (SSSR count). The first-order valence-electron chi connectivity index (χ1n) is 17.3. The molecule has 288 valence electrons. The number of nitrogens with one attached hydrogen (secondary N) is 5. The van der Waals surface area contributed by atoms with Crippen molar-refractivity contribution >= 4 is 52.5 Å². The highest BCUT2D eigenvalue weighted by atomic mass is 32.1. The lowest BCUT2D eigenvalue weighted by Gasteiger charge is -2.26. The Morgan fingerprint density at radius 1 is 0.673 bits per heavy atom. The molecule has 5 amide bonds. The normalized spacial score (nSPS) is 20.6. The maximum Gasteiger partial charge on any atom is 0.416 e. The standard InChI is InChI=1S/C39H38F3N5O7S/c40-39(41,42)26-9-4-8-25(18-26)21-30-35(50)45-29(19-23-6-2-1-3-7-23)36(51)47-32(38(53)54)20-24-11-13-27(14-12-24)43-33(48)15-16-34(49)44-31(37(52)46-30)22-28-10-5-17-55-28/h1-14,17-18,29-32H,15-16,19-22H2,(H,43,48)(H,44,49)(H,45,50)(H,46,52)(H,47,51)(H,53,54). The molecule has 55 heavy (non-hydrogen) atoms. The summed E-state index contributed by atoms with van der Waals surface area (Å²) in [6.07, 6.45) is -6.00. The average molecular weight is 778 g/mol. The number of halogens is 3. The Bertz CT molecular complexity index is 1990. The van der Waals surface area contributed by atoms with Gasteiger partial charge in [0.05, 0.1) is 5.56 Å². The third kappa shape index (κ3) is 12.0. The molecular weight excluding hydrogens is 740 g/mol. The van der Waals surface area contributed by atoms with E-state index in [2.05, 4.69) is 26.6 Å². The predicted molar refractivity (Wildman–Crippen MR) is 197 cm³/mol. The van der Waals surface area contributed by atoms with Crippen molar-refractivity contribution in [1.29, 1.82) is 0 Å². The number of carboxylic acid groups (broad SMARTS) is 1. The van der Waals surface area contributed by atoms with Gasteiger partial charge in [0.2, 0.25) is 29.5 Å². The van der Waals surface area contributed by atoms with Crippen molar-refractivity contribution in [2.24, 2.45) is 0 Å². The Morgan fingerprint density at radius 3 is 1.89 bits per heavy atom. The summed E-state index contributed by atoms with van der Waals surface area (Å²) in [5, 5.41) is 24.7. The van der Waals surface area contributed by atoms with Crippen LogP contribution in [0, 0.1) is 0 Å². The van der Waals surface area contributed by atoms with Gasteiger partial charge in [0.25, 0.3) is 0 Å². The summed E-state index contributed by atoms with van der Waals surface area (Å²) < 4.78 is 41.0. The van der Waals surface area contributed by atoms with Crippen molar-refractivity contribution in [1.82, 2.24) is 21.3 Å². The monoisotopic (exact) mass is 777 g/mol. The van der Waals surface area contributed by atoms with E-state index < -0.39 is 77.8 Å². The van der Waals surface area contributed by atoms with Gasteiger partial charge in [-0.2, -0.15) is 13.2 Å². The van der Waals surface area contributed by atoms with Crippen LogP contribution in [0.25, 0.3) is 0 Å². The molecule has 0 spiro atoms. The van der Waals surface area contributed by atoms with Crippen LogP contribution in [0.4, 0.5) is 18.9 Å². The van der Waals surface area contributed by atoms with Crippen molar-refractivity contribution in [2.45, 2.75) is 68.9 Å². The van der Waals surface area contributed by atoms with Gasteiger partial charge < -0.3 is 31.7 Å². The fourth-order valence-corrected chi connectivity index (χ4v) is 6.66. The topological polar surface area (TPSA) is 183 Å². The Morgan fingerprint density at radius 2 is 1.27 bits per heavy atom. The second-order valence-corrected chi connectivity index (χ2v) is 14.0. The van der Waals surface area contributed by atoms with E-state index in [1.807, 2.05) is 0 Å². The van der Waals surface area contributed by atoms with Crippen molar-refractivity contribution in [3.05, 3.63) is 124 Å². The van der Waals surface area contributed by atoms with Gasteiger partial charge in [0.1, 0.15) is 24.2 Å². The van der Waals surface area contributed by atoms with Gasteiger partial charge in [-0.25, -0.2) is 4.79 Å². The fourth-order valence-electron chi connectivity index (χ4n) is 5.91. The van der Waals surface area contributed by atoms with Crippen LogP contribution in [0.15, 0.2) is 96.4 Å². The number of amides is 5. The molecule has 4 unspecified atom stereocenters. The number of anilines is 1. The molecule has 4 aromatic rings. The predicted octanol–water partition coefficient (Wildman–Crippen LogP) is 3.79. The Hall–Kier alpha value is -6.03. The SMILES string of the molecule is O=C1CCC(=O)NC(Cc2cccs2)C(=O)NC(Cc2cccc(C(F)(F)F)c2)C(=O)NC(Cc2ccccc2)C(=O)NC(C(=O)O)Cc2ccc(cc2)N1. The molecule has 12 nitrogen and oxygen atoms in total. The van der Waals surface area contributed by atoms with Crippen molar-refractivity contribution in [3.63, 3.8) is 0 Å². The fraction of sp³-hybridized carbons (Fsp3) is 0.282. The summed E-state index contributed by atoms with van der Waals surface area (Å²) in [5.74, 6) is -5.19.